The second kappa shape index (κ2) is 3.49. The first-order valence-electron chi connectivity index (χ1n) is 3.69. The molecule has 2 heterocycles. The van der Waals surface area contributed by atoms with Gasteiger partial charge >= 0.3 is 0 Å². The van der Waals surface area contributed by atoms with Crippen molar-refractivity contribution >= 4 is 22.9 Å². The molecule has 0 aliphatic rings. The van der Waals surface area contributed by atoms with Crippen LogP contribution >= 0.6 is 22.9 Å². The van der Waals surface area contributed by atoms with E-state index in [2.05, 4.69) is 5.16 Å². The molecule has 0 saturated heterocycles. The van der Waals surface area contributed by atoms with Crippen LogP contribution in [0.15, 0.2) is 22.0 Å². The Bertz CT molecular complexity index is 410. The van der Waals surface area contributed by atoms with Crippen LogP contribution in [0.1, 0.15) is 5.69 Å². The van der Waals surface area contributed by atoms with Gasteiger partial charge in [0.15, 0.2) is 5.76 Å². The van der Waals surface area contributed by atoms with Crippen molar-refractivity contribution in [3.8, 4) is 11.3 Å². The third-order valence-corrected chi connectivity index (χ3v) is 2.71. The van der Waals surface area contributed by atoms with Crippen LogP contribution in [0.2, 0.25) is 4.34 Å². The van der Waals surface area contributed by atoms with E-state index < -0.39 is 0 Å². The molecule has 3 nitrogen and oxygen atoms in total. The van der Waals surface area contributed by atoms with Gasteiger partial charge in [-0.2, -0.15) is 0 Å². The minimum Gasteiger partial charge on any atom is -0.356 e. The van der Waals surface area contributed by atoms with E-state index in [1.54, 1.807) is 0 Å². The number of nitrogens with two attached hydrogens (primary N) is 1. The average Bonchev–Trinajstić information content (AvgIpc) is 2.71. The molecule has 13 heavy (non-hydrogen) atoms. The molecular weight excluding hydrogens is 208 g/mol. The smallest absolute Gasteiger partial charge is 0.168 e. The van der Waals surface area contributed by atoms with Crippen molar-refractivity contribution in [3.05, 3.63) is 27.5 Å². The molecule has 0 spiro atoms. The molecule has 68 valence electrons. The number of hydrogen-bond acceptors (Lipinski definition) is 4. The molecule has 2 rings (SSSR count). The highest BCUT2D eigenvalue weighted by molar-refractivity contribution is 7.14. The van der Waals surface area contributed by atoms with Gasteiger partial charge in [-0.25, -0.2) is 0 Å². The van der Waals surface area contributed by atoms with Crippen LogP contribution in [0.25, 0.3) is 11.3 Å². The maximum absolute atomic E-state index is 5.78. The van der Waals surface area contributed by atoms with Crippen molar-refractivity contribution in [3.63, 3.8) is 0 Å². The summed E-state index contributed by atoms with van der Waals surface area (Å²) in [6, 6.07) is 3.66. The minimum absolute atomic E-state index is 0.390. The maximum Gasteiger partial charge on any atom is 0.168 e. The molecule has 2 aromatic heterocycles. The zero-order valence-corrected chi connectivity index (χ0v) is 8.23. The summed E-state index contributed by atoms with van der Waals surface area (Å²) in [5, 5.41) is 5.70. The van der Waals surface area contributed by atoms with E-state index in [9.17, 15) is 0 Å². The van der Waals surface area contributed by atoms with Gasteiger partial charge in [-0.3, -0.25) is 0 Å². The Morgan fingerprint density at radius 1 is 1.54 bits per heavy atom. The van der Waals surface area contributed by atoms with Crippen LogP contribution < -0.4 is 5.73 Å². The second-order valence-electron chi connectivity index (χ2n) is 2.53. The Kier molecular flexibility index (Phi) is 2.35. The van der Waals surface area contributed by atoms with E-state index in [-0.39, 0.29) is 0 Å². The Morgan fingerprint density at radius 2 is 2.38 bits per heavy atom. The maximum atomic E-state index is 5.78. The molecule has 0 atom stereocenters. The normalized spacial score (nSPS) is 10.6. The molecule has 5 heteroatoms. The van der Waals surface area contributed by atoms with Gasteiger partial charge in [-0.15, -0.1) is 11.3 Å². The highest BCUT2D eigenvalue weighted by atomic mass is 35.5. The van der Waals surface area contributed by atoms with Gasteiger partial charge in [0, 0.05) is 23.6 Å². The standard InChI is InChI=1S/C8H7ClN2OS/c9-8-1-5(4-13-8)7-2-6(3-10)11-12-7/h1-2,4H,3,10H2. The quantitative estimate of drug-likeness (QED) is 0.836. The van der Waals surface area contributed by atoms with Crippen LogP contribution in [0, 0.1) is 0 Å². The van der Waals surface area contributed by atoms with Crippen molar-refractivity contribution in [1.29, 1.82) is 0 Å². The number of aromatic nitrogens is 1. The van der Waals surface area contributed by atoms with E-state index in [0.717, 1.165) is 15.6 Å². The molecule has 0 aliphatic carbocycles. The fourth-order valence-corrected chi connectivity index (χ4v) is 1.85. The lowest BCUT2D eigenvalue weighted by Gasteiger charge is -1.83. The molecular formula is C8H7ClN2OS. The van der Waals surface area contributed by atoms with E-state index in [0.29, 0.717) is 12.3 Å². The van der Waals surface area contributed by atoms with E-state index >= 15 is 0 Å². The molecule has 0 bridgehead atoms. The highest BCUT2D eigenvalue weighted by Gasteiger charge is 2.07. The zero-order chi connectivity index (χ0) is 9.26. The first kappa shape index (κ1) is 8.74. The van der Waals surface area contributed by atoms with E-state index in [1.807, 2.05) is 17.5 Å². The van der Waals surface area contributed by atoms with E-state index in [1.165, 1.54) is 11.3 Å². The van der Waals surface area contributed by atoms with Crippen LogP contribution in [0.3, 0.4) is 0 Å². The summed E-state index contributed by atoms with van der Waals surface area (Å²) < 4.78 is 5.81. The predicted molar refractivity (Wildman–Crippen MR) is 52.7 cm³/mol. The van der Waals surface area contributed by atoms with Gasteiger partial charge in [0.05, 0.1) is 10.0 Å². The van der Waals surface area contributed by atoms with Gasteiger partial charge in [-0.05, 0) is 6.07 Å². The average molecular weight is 215 g/mol. The first-order chi connectivity index (χ1) is 6.29. The number of halogens is 1. The van der Waals surface area contributed by atoms with Crippen molar-refractivity contribution < 1.29 is 4.52 Å². The molecule has 0 aromatic carbocycles. The summed E-state index contributed by atoms with van der Waals surface area (Å²) in [4.78, 5) is 0. The number of rotatable bonds is 2. The Balaban J connectivity index is 2.35. The largest absolute Gasteiger partial charge is 0.356 e. The van der Waals surface area contributed by atoms with E-state index in [4.69, 9.17) is 21.9 Å². The summed E-state index contributed by atoms with van der Waals surface area (Å²) >= 11 is 7.25. The van der Waals surface area contributed by atoms with Crippen molar-refractivity contribution in [2.24, 2.45) is 5.73 Å². The summed E-state index contributed by atoms with van der Waals surface area (Å²) in [5.41, 5.74) is 7.09. The molecule has 0 saturated carbocycles. The molecule has 0 unspecified atom stereocenters. The fraction of sp³-hybridized carbons (Fsp3) is 0.125. The molecule has 0 fully saturated rings. The Labute approximate surface area is 84.1 Å². The van der Waals surface area contributed by atoms with Crippen LogP contribution in [0.4, 0.5) is 0 Å². The van der Waals surface area contributed by atoms with Gasteiger partial charge in [0.1, 0.15) is 0 Å². The lowest BCUT2D eigenvalue weighted by molar-refractivity contribution is 0.424. The second-order valence-corrected chi connectivity index (χ2v) is 4.07. The zero-order valence-electron chi connectivity index (χ0n) is 6.66. The number of thiophene rings is 1. The topological polar surface area (TPSA) is 52.0 Å². The molecule has 0 amide bonds. The predicted octanol–water partition coefficient (Wildman–Crippen LogP) is 2.52. The highest BCUT2D eigenvalue weighted by Crippen LogP contribution is 2.28. The van der Waals surface area contributed by atoms with Crippen LogP contribution in [-0.4, -0.2) is 5.16 Å². The van der Waals surface area contributed by atoms with Crippen LogP contribution in [-0.2, 0) is 6.54 Å². The minimum atomic E-state index is 0.390. The first-order valence-corrected chi connectivity index (χ1v) is 4.95. The van der Waals surface area contributed by atoms with Crippen molar-refractivity contribution in [1.82, 2.24) is 5.16 Å². The third-order valence-electron chi connectivity index (χ3n) is 1.62. The third kappa shape index (κ3) is 1.75. The van der Waals surface area contributed by atoms with Gasteiger partial charge in [-0.1, -0.05) is 16.8 Å². The number of nitrogens with zero attached hydrogens (tertiary/aromatic N) is 1. The summed E-state index contributed by atoms with van der Waals surface area (Å²) in [6.07, 6.45) is 0. The number of hydrogen-bond donors (Lipinski definition) is 1. The Morgan fingerprint density at radius 3 is 2.92 bits per heavy atom. The van der Waals surface area contributed by atoms with Gasteiger partial charge in [0.2, 0.25) is 0 Å². The van der Waals surface area contributed by atoms with Gasteiger partial charge < -0.3 is 10.3 Å². The lowest BCUT2D eigenvalue weighted by atomic mass is 10.2. The molecule has 2 N–H and O–H groups in total. The van der Waals surface area contributed by atoms with Crippen molar-refractivity contribution in [2.75, 3.05) is 0 Å². The summed E-state index contributed by atoms with van der Waals surface area (Å²) in [6.45, 7) is 0.390. The molecule has 0 radical (unpaired) electrons. The molecule has 0 aliphatic heterocycles. The summed E-state index contributed by atoms with van der Waals surface area (Å²) in [5.74, 6) is 0.712. The fourth-order valence-electron chi connectivity index (χ4n) is 0.983. The Hall–Kier alpha value is -0.840. The molecule has 2 aromatic rings. The monoisotopic (exact) mass is 214 g/mol. The van der Waals surface area contributed by atoms with Gasteiger partial charge in [0.25, 0.3) is 0 Å². The lowest BCUT2D eigenvalue weighted by Crippen LogP contribution is -1.94. The van der Waals surface area contributed by atoms with Crippen LogP contribution in [0.5, 0.6) is 0 Å². The van der Waals surface area contributed by atoms with Crippen molar-refractivity contribution in [2.45, 2.75) is 6.54 Å². The SMILES string of the molecule is NCc1cc(-c2csc(Cl)c2)on1. The summed E-state index contributed by atoms with van der Waals surface area (Å²) in [7, 11) is 0.